The first-order chi connectivity index (χ1) is 8.75. The van der Waals surface area contributed by atoms with E-state index in [-0.39, 0.29) is 5.60 Å². The van der Waals surface area contributed by atoms with E-state index in [0.717, 1.165) is 31.0 Å². The van der Waals surface area contributed by atoms with Gasteiger partial charge in [0.05, 0.1) is 0 Å². The molecule has 1 saturated heterocycles. The molecule has 2 aliphatic rings. The fourth-order valence-corrected chi connectivity index (χ4v) is 3.92. The second kappa shape index (κ2) is 5.14. The highest BCUT2D eigenvalue weighted by Crippen LogP contribution is 2.32. The molecule has 3 heteroatoms. The van der Waals surface area contributed by atoms with Crippen LogP contribution in [0.2, 0.25) is 0 Å². The normalized spacial score (nSPS) is 27.6. The monoisotopic (exact) mass is 263 g/mol. The Bertz CT molecular complexity index is 427. The van der Waals surface area contributed by atoms with Crippen LogP contribution in [0.3, 0.4) is 0 Å². The second-order valence-electron chi connectivity index (χ2n) is 5.57. The molecule has 0 aliphatic carbocycles. The summed E-state index contributed by atoms with van der Waals surface area (Å²) in [5.74, 6) is 3.46. The van der Waals surface area contributed by atoms with Gasteiger partial charge in [-0.1, -0.05) is 6.07 Å². The molecule has 0 bridgehead atoms. The van der Waals surface area contributed by atoms with Crippen LogP contribution in [-0.4, -0.2) is 23.7 Å². The second-order valence-corrected chi connectivity index (χ2v) is 6.67. The molecular weight excluding hydrogens is 242 g/mol. The number of ether oxygens (including phenoxy) is 1. The molecule has 2 heterocycles. The molecule has 98 valence electrons. The van der Waals surface area contributed by atoms with Crippen LogP contribution in [0.5, 0.6) is 5.75 Å². The van der Waals surface area contributed by atoms with E-state index in [4.69, 9.17) is 4.74 Å². The molecule has 2 nitrogen and oxygen atoms in total. The largest absolute Gasteiger partial charge is 0.487 e. The van der Waals surface area contributed by atoms with Crippen LogP contribution >= 0.6 is 11.8 Å². The Balaban J connectivity index is 1.76. The third kappa shape index (κ3) is 2.67. The van der Waals surface area contributed by atoms with Gasteiger partial charge in [-0.05, 0) is 61.7 Å². The molecule has 1 unspecified atom stereocenters. The zero-order chi connectivity index (χ0) is 12.4. The van der Waals surface area contributed by atoms with Crippen molar-refractivity contribution in [1.82, 2.24) is 5.32 Å². The van der Waals surface area contributed by atoms with E-state index in [2.05, 4.69) is 30.4 Å². The van der Waals surface area contributed by atoms with Gasteiger partial charge in [0.2, 0.25) is 0 Å². The number of fused-ring (bicyclic) bond motifs is 1. The van der Waals surface area contributed by atoms with Crippen LogP contribution in [0.1, 0.15) is 30.9 Å². The van der Waals surface area contributed by atoms with E-state index in [1.807, 2.05) is 11.8 Å². The van der Waals surface area contributed by atoms with Gasteiger partial charge < -0.3 is 10.1 Å². The average Bonchev–Trinajstić information content (AvgIpc) is 2.39. The highest BCUT2D eigenvalue weighted by Gasteiger charge is 2.29. The maximum absolute atomic E-state index is 6.27. The number of hydrogen-bond donors (Lipinski definition) is 1. The Hall–Kier alpha value is -0.670. The molecule has 2 aliphatic heterocycles. The van der Waals surface area contributed by atoms with Gasteiger partial charge in [-0.2, -0.15) is 11.8 Å². The first-order valence-electron chi connectivity index (χ1n) is 6.84. The Kier molecular flexibility index (Phi) is 3.53. The maximum atomic E-state index is 6.27. The number of nitrogens with one attached hydrogen (secondary N) is 1. The summed E-state index contributed by atoms with van der Waals surface area (Å²) >= 11 is 2.01. The van der Waals surface area contributed by atoms with Crippen LogP contribution in [0.25, 0.3) is 0 Å². The predicted octanol–water partition coefficient (Wildman–Crippen LogP) is 3.00. The maximum Gasteiger partial charge on any atom is 0.120 e. The van der Waals surface area contributed by atoms with E-state index in [9.17, 15) is 0 Å². The third-order valence-corrected chi connectivity index (χ3v) is 5.22. The Morgan fingerprint density at radius 3 is 3.11 bits per heavy atom. The fourth-order valence-electron chi connectivity index (χ4n) is 2.79. The molecule has 0 radical (unpaired) electrons. The summed E-state index contributed by atoms with van der Waals surface area (Å²) in [5.41, 5.74) is 2.92. The highest BCUT2D eigenvalue weighted by molar-refractivity contribution is 7.99. The zero-order valence-electron chi connectivity index (χ0n) is 11.0. The summed E-state index contributed by atoms with van der Waals surface area (Å²) < 4.78 is 6.27. The molecule has 1 aromatic carbocycles. The van der Waals surface area contributed by atoms with Crippen molar-refractivity contribution in [3.8, 4) is 5.75 Å². The van der Waals surface area contributed by atoms with E-state index in [1.54, 1.807) is 0 Å². The van der Waals surface area contributed by atoms with E-state index in [0.29, 0.717) is 0 Å². The minimum absolute atomic E-state index is 0.0318. The van der Waals surface area contributed by atoms with Crippen LogP contribution in [-0.2, 0) is 13.0 Å². The standard InChI is InChI=1S/C15H21NOS/c1-15(6-2-8-18-11-15)17-14-4-3-13-10-16-7-5-12(13)9-14/h3-4,9,16H,2,5-8,10-11H2,1H3. The quantitative estimate of drug-likeness (QED) is 0.886. The summed E-state index contributed by atoms with van der Waals surface area (Å²) in [5, 5.41) is 3.41. The number of rotatable bonds is 2. The van der Waals surface area contributed by atoms with Gasteiger partial charge in [0.25, 0.3) is 0 Å². The van der Waals surface area contributed by atoms with Crippen molar-refractivity contribution in [2.75, 3.05) is 18.1 Å². The minimum Gasteiger partial charge on any atom is -0.487 e. The molecule has 0 amide bonds. The Morgan fingerprint density at radius 2 is 2.28 bits per heavy atom. The highest BCUT2D eigenvalue weighted by atomic mass is 32.2. The lowest BCUT2D eigenvalue weighted by molar-refractivity contribution is 0.101. The summed E-state index contributed by atoms with van der Waals surface area (Å²) in [4.78, 5) is 0. The molecule has 3 rings (SSSR count). The number of benzene rings is 1. The average molecular weight is 263 g/mol. The molecule has 1 aromatic rings. The molecule has 1 fully saturated rings. The first kappa shape index (κ1) is 12.4. The summed E-state index contributed by atoms with van der Waals surface area (Å²) in [6.07, 6.45) is 3.58. The van der Waals surface area contributed by atoms with E-state index >= 15 is 0 Å². The van der Waals surface area contributed by atoms with Gasteiger partial charge >= 0.3 is 0 Å². The lowest BCUT2D eigenvalue weighted by atomic mass is 9.99. The van der Waals surface area contributed by atoms with E-state index < -0.39 is 0 Å². The summed E-state index contributed by atoms with van der Waals surface area (Å²) in [7, 11) is 0. The first-order valence-corrected chi connectivity index (χ1v) is 8.00. The smallest absolute Gasteiger partial charge is 0.120 e. The topological polar surface area (TPSA) is 21.3 Å². The van der Waals surface area contributed by atoms with Gasteiger partial charge in [-0.25, -0.2) is 0 Å². The van der Waals surface area contributed by atoms with Crippen LogP contribution < -0.4 is 10.1 Å². The fraction of sp³-hybridized carbons (Fsp3) is 0.600. The molecule has 18 heavy (non-hydrogen) atoms. The minimum atomic E-state index is 0.0318. The number of hydrogen-bond acceptors (Lipinski definition) is 3. The van der Waals surface area contributed by atoms with Crippen LogP contribution in [0.15, 0.2) is 18.2 Å². The van der Waals surface area contributed by atoms with Crippen LogP contribution in [0.4, 0.5) is 0 Å². The van der Waals surface area contributed by atoms with Crippen molar-refractivity contribution in [2.45, 2.75) is 38.3 Å². The Morgan fingerprint density at radius 1 is 1.33 bits per heavy atom. The van der Waals surface area contributed by atoms with Gasteiger partial charge in [-0.3, -0.25) is 0 Å². The summed E-state index contributed by atoms with van der Waals surface area (Å²) in [6, 6.07) is 6.60. The predicted molar refractivity (Wildman–Crippen MR) is 77.4 cm³/mol. The lowest BCUT2D eigenvalue weighted by Gasteiger charge is -2.34. The van der Waals surface area contributed by atoms with Crippen molar-refractivity contribution in [3.05, 3.63) is 29.3 Å². The van der Waals surface area contributed by atoms with Crippen molar-refractivity contribution in [3.63, 3.8) is 0 Å². The summed E-state index contributed by atoms with van der Waals surface area (Å²) in [6.45, 7) is 4.34. The number of thioether (sulfide) groups is 1. The van der Waals surface area contributed by atoms with Gasteiger partial charge in [0, 0.05) is 12.3 Å². The van der Waals surface area contributed by atoms with E-state index in [1.165, 1.54) is 29.7 Å². The third-order valence-electron chi connectivity index (χ3n) is 3.83. The van der Waals surface area contributed by atoms with Gasteiger partial charge in [0.1, 0.15) is 11.4 Å². The molecule has 1 atom stereocenters. The SMILES string of the molecule is CC1(Oc2ccc3c(c2)CCNC3)CCCSC1. The molecular formula is C15H21NOS. The molecule has 0 aromatic heterocycles. The molecule has 0 saturated carbocycles. The van der Waals surface area contributed by atoms with Gasteiger partial charge in [0.15, 0.2) is 0 Å². The zero-order valence-corrected chi connectivity index (χ0v) is 11.8. The molecule has 0 spiro atoms. The van der Waals surface area contributed by atoms with Crippen LogP contribution in [0, 0.1) is 0 Å². The lowest BCUT2D eigenvalue weighted by Crippen LogP contribution is -2.38. The van der Waals surface area contributed by atoms with Crippen molar-refractivity contribution in [2.24, 2.45) is 0 Å². The molecule has 1 N–H and O–H groups in total. The van der Waals surface area contributed by atoms with Crippen molar-refractivity contribution >= 4 is 11.8 Å². The Labute approximate surface area is 113 Å². The van der Waals surface area contributed by atoms with Crippen molar-refractivity contribution in [1.29, 1.82) is 0 Å². The van der Waals surface area contributed by atoms with Crippen molar-refractivity contribution < 1.29 is 4.74 Å². The van der Waals surface area contributed by atoms with Gasteiger partial charge in [-0.15, -0.1) is 0 Å².